The van der Waals surface area contributed by atoms with Crippen LogP contribution in [0.2, 0.25) is 0 Å². The van der Waals surface area contributed by atoms with Crippen molar-refractivity contribution in [1.29, 1.82) is 0 Å². The highest BCUT2D eigenvalue weighted by atomic mass is 19.4. The van der Waals surface area contributed by atoms with E-state index >= 15 is 0 Å². The number of aromatic nitrogens is 5. The Kier molecular flexibility index (Phi) is 5.86. The van der Waals surface area contributed by atoms with E-state index in [1.807, 2.05) is 18.2 Å². The number of nitrogens with one attached hydrogen (secondary N) is 1. The second kappa shape index (κ2) is 8.58. The van der Waals surface area contributed by atoms with E-state index < -0.39 is 12.6 Å². The van der Waals surface area contributed by atoms with Gasteiger partial charge < -0.3 is 4.90 Å². The van der Waals surface area contributed by atoms with Crippen LogP contribution in [0.5, 0.6) is 0 Å². The summed E-state index contributed by atoms with van der Waals surface area (Å²) in [5, 5.41) is 11.4. The Morgan fingerprint density at radius 1 is 1.23 bits per heavy atom. The van der Waals surface area contributed by atoms with E-state index in [4.69, 9.17) is 0 Å². The summed E-state index contributed by atoms with van der Waals surface area (Å²) in [5.41, 5.74) is 2.40. The molecule has 1 fully saturated rings. The quantitative estimate of drug-likeness (QED) is 0.666. The van der Waals surface area contributed by atoms with Crippen LogP contribution < -0.4 is 5.32 Å². The summed E-state index contributed by atoms with van der Waals surface area (Å²) in [7, 11) is 1.80. The van der Waals surface area contributed by atoms with Crippen LogP contribution in [0.4, 0.5) is 19.1 Å². The first-order valence-electron chi connectivity index (χ1n) is 10.0. The van der Waals surface area contributed by atoms with E-state index in [1.54, 1.807) is 29.0 Å². The number of piperidine rings is 1. The fourth-order valence-corrected chi connectivity index (χ4v) is 3.71. The molecule has 1 amide bonds. The van der Waals surface area contributed by atoms with Crippen molar-refractivity contribution in [3.8, 4) is 11.3 Å². The summed E-state index contributed by atoms with van der Waals surface area (Å²) in [6.45, 7) is 0.907. The standard InChI is InChI=1S/C20H22F3N7O/c1-29-17(12-25-28-29)14-2-3-15-11-24-19(26-16(15)10-14)27-18(31)13-4-7-30(8-5-13)9-6-20(21,22)23/h2-3,10-13H,4-9H2,1H3,(H,24,26,27,31). The number of likely N-dealkylation sites (tertiary alicyclic amines) is 1. The first-order chi connectivity index (χ1) is 14.8. The largest absolute Gasteiger partial charge is 0.390 e. The number of carbonyl (C=O) groups excluding carboxylic acids is 1. The second-order valence-corrected chi connectivity index (χ2v) is 7.68. The van der Waals surface area contributed by atoms with Crippen molar-refractivity contribution in [3.63, 3.8) is 0 Å². The predicted octanol–water partition coefficient (Wildman–Crippen LogP) is 3.03. The number of alkyl halides is 3. The van der Waals surface area contributed by atoms with Crippen molar-refractivity contribution in [1.82, 2.24) is 29.9 Å². The number of aryl methyl sites for hydroxylation is 1. The molecule has 1 saturated heterocycles. The maximum atomic E-state index is 12.6. The maximum absolute atomic E-state index is 12.6. The van der Waals surface area contributed by atoms with E-state index in [1.165, 1.54) is 0 Å². The second-order valence-electron chi connectivity index (χ2n) is 7.68. The van der Waals surface area contributed by atoms with Crippen molar-refractivity contribution in [2.24, 2.45) is 13.0 Å². The molecule has 8 nitrogen and oxygen atoms in total. The van der Waals surface area contributed by atoms with Gasteiger partial charge in [0, 0.05) is 36.7 Å². The number of rotatable bonds is 5. The Morgan fingerprint density at radius 2 is 2.00 bits per heavy atom. The van der Waals surface area contributed by atoms with E-state index in [-0.39, 0.29) is 24.3 Å². The minimum absolute atomic E-state index is 0.0276. The summed E-state index contributed by atoms with van der Waals surface area (Å²) < 4.78 is 38.8. The predicted molar refractivity (Wildman–Crippen MR) is 108 cm³/mol. The molecule has 3 heterocycles. The highest BCUT2D eigenvalue weighted by Crippen LogP contribution is 2.25. The van der Waals surface area contributed by atoms with Crippen molar-refractivity contribution in [2.45, 2.75) is 25.4 Å². The number of hydrogen-bond acceptors (Lipinski definition) is 6. The van der Waals surface area contributed by atoms with Gasteiger partial charge in [-0.25, -0.2) is 14.6 Å². The zero-order valence-corrected chi connectivity index (χ0v) is 16.9. The number of fused-ring (bicyclic) bond motifs is 1. The first kappa shape index (κ1) is 21.2. The van der Waals surface area contributed by atoms with Gasteiger partial charge in [-0.15, -0.1) is 5.10 Å². The molecular formula is C20H22F3N7O. The third kappa shape index (κ3) is 5.16. The van der Waals surface area contributed by atoms with Crippen molar-refractivity contribution in [2.75, 3.05) is 25.0 Å². The molecule has 2 aromatic heterocycles. The molecule has 0 bridgehead atoms. The molecule has 31 heavy (non-hydrogen) atoms. The number of nitrogens with zero attached hydrogens (tertiary/aromatic N) is 6. The molecule has 1 aliphatic heterocycles. The maximum Gasteiger partial charge on any atom is 0.390 e. The Balaban J connectivity index is 1.39. The van der Waals surface area contributed by atoms with Gasteiger partial charge in [-0.3, -0.25) is 10.1 Å². The van der Waals surface area contributed by atoms with Crippen LogP contribution in [0.3, 0.4) is 0 Å². The van der Waals surface area contributed by atoms with Crippen molar-refractivity contribution in [3.05, 3.63) is 30.6 Å². The van der Waals surface area contributed by atoms with Gasteiger partial charge in [-0.1, -0.05) is 17.3 Å². The van der Waals surface area contributed by atoms with Crippen molar-refractivity contribution >= 4 is 22.8 Å². The highest BCUT2D eigenvalue weighted by Gasteiger charge is 2.30. The molecule has 0 unspecified atom stereocenters. The molecule has 3 aromatic rings. The number of halogens is 3. The Bertz CT molecular complexity index is 1070. The molecular weight excluding hydrogens is 411 g/mol. The smallest absolute Gasteiger partial charge is 0.303 e. The molecule has 11 heteroatoms. The summed E-state index contributed by atoms with van der Waals surface area (Å²) in [5.74, 6) is -0.271. The molecule has 1 N–H and O–H groups in total. The summed E-state index contributed by atoms with van der Waals surface area (Å²) >= 11 is 0. The van der Waals surface area contributed by atoms with Crippen LogP contribution in [0.15, 0.2) is 30.6 Å². The number of anilines is 1. The average molecular weight is 433 g/mol. The SMILES string of the molecule is Cn1nncc1-c1ccc2cnc(NC(=O)C3CCN(CCC(F)(F)F)CC3)nc2c1. The molecule has 0 saturated carbocycles. The van der Waals surface area contributed by atoms with Gasteiger partial charge in [0.05, 0.1) is 23.8 Å². The molecule has 164 valence electrons. The van der Waals surface area contributed by atoms with Gasteiger partial charge in [-0.05, 0) is 32.0 Å². The Hall–Kier alpha value is -3.08. The zero-order valence-electron chi connectivity index (χ0n) is 16.9. The fraction of sp³-hybridized carbons (Fsp3) is 0.450. The summed E-state index contributed by atoms with van der Waals surface area (Å²) in [6.07, 6.45) is -0.667. The van der Waals surface area contributed by atoms with Gasteiger partial charge in [0.25, 0.3) is 0 Å². The van der Waals surface area contributed by atoms with Gasteiger partial charge in [0.15, 0.2) is 0 Å². The lowest BCUT2D eigenvalue weighted by atomic mass is 9.96. The van der Waals surface area contributed by atoms with E-state index in [9.17, 15) is 18.0 Å². The van der Waals surface area contributed by atoms with Gasteiger partial charge in [0.2, 0.25) is 11.9 Å². The number of hydrogen-bond donors (Lipinski definition) is 1. The number of amides is 1. The molecule has 0 atom stereocenters. The lowest BCUT2D eigenvalue weighted by Gasteiger charge is -2.31. The monoisotopic (exact) mass is 433 g/mol. The number of benzene rings is 1. The number of carbonyl (C=O) groups is 1. The summed E-state index contributed by atoms with van der Waals surface area (Å²) in [6, 6.07) is 5.69. The van der Waals surface area contributed by atoms with E-state index in [0.29, 0.717) is 31.4 Å². The lowest BCUT2D eigenvalue weighted by molar-refractivity contribution is -0.139. The van der Waals surface area contributed by atoms with E-state index in [2.05, 4.69) is 25.6 Å². The molecule has 0 radical (unpaired) electrons. The lowest BCUT2D eigenvalue weighted by Crippen LogP contribution is -2.39. The molecule has 0 aliphatic carbocycles. The van der Waals surface area contributed by atoms with Gasteiger partial charge in [-0.2, -0.15) is 13.2 Å². The fourth-order valence-electron chi connectivity index (χ4n) is 3.71. The normalized spacial score (nSPS) is 16.0. The zero-order chi connectivity index (χ0) is 22.0. The minimum Gasteiger partial charge on any atom is -0.303 e. The van der Waals surface area contributed by atoms with Crippen LogP contribution in [0, 0.1) is 5.92 Å². The molecule has 0 spiro atoms. The third-order valence-corrected chi connectivity index (χ3v) is 5.50. The van der Waals surface area contributed by atoms with Crippen LogP contribution in [0.25, 0.3) is 22.2 Å². The summed E-state index contributed by atoms with van der Waals surface area (Å²) in [4.78, 5) is 23.0. The molecule has 1 aliphatic rings. The van der Waals surface area contributed by atoms with Crippen LogP contribution in [-0.2, 0) is 11.8 Å². The molecule has 4 rings (SSSR count). The Labute approximate surface area is 176 Å². The Morgan fingerprint density at radius 3 is 2.68 bits per heavy atom. The topological polar surface area (TPSA) is 88.8 Å². The molecule has 1 aromatic carbocycles. The van der Waals surface area contributed by atoms with Gasteiger partial charge in [0.1, 0.15) is 0 Å². The van der Waals surface area contributed by atoms with E-state index in [0.717, 1.165) is 16.6 Å². The van der Waals surface area contributed by atoms with Crippen LogP contribution in [-0.4, -0.2) is 61.6 Å². The van der Waals surface area contributed by atoms with Crippen LogP contribution in [0.1, 0.15) is 19.3 Å². The van der Waals surface area contributed by atoms with Gasteiger partial charge >= 0.3 is 6.18 Å². The highest BCUT2D eigenvalue weighted by molar-refractivity contribution is 5.92. The van der Waals surface area contributed by atoms with Crippen molar-refractivity contribution < 1.29 is 18.0 Å². The average Bonchev–Trinajstić information content (AvgIpc) is 3.17. The first-order valence-corrected chi connectivity index (χ1v) is 10.0. The third-order valence-electron chi connectivity index (χ3n) is 5.50. The minimum atomic E-state index is -4.16. The van der Waals surface area contributed by atoms with Crippen LogP contribution >= 0.6 is 0 Å².